The van der Waals surface area contributed by atoms with Crippen molar-refractivity contribution in [2.24, 2.45) is 5.41 Å². The Morgan fingerprint density at radius 2 is 0.522 bits per heavy atom. The predicted octanol–water partition coefficient (Wildman–Crippen LogP) is 9.17. The van der Waals surface area contributed by atoms with Gasteiger partial charge in [-0.2, -0.15) is 0 Å². The van der Waals surface area contributed by atoms with Gasteiger partial charge in [-0.3, -0.25) is 0 Å². The first-order chi connectivity index (χ1) is 22.7. The van der Waals surface area contributed by atoms with Crippen LogP contribution in [-0.2, 0) is 0 Å². The average molecular weight is 653 g/mol. The van der Waals surface area contributed by atoms with Crippen LogP contribution in [0.4, 0.5) is 0 Å². The lowest BCUT2D eigenvalue weighted by molar-refractivity contribution is 0.396. The number of rotatable bonds is 14. The zero-order chi connectivity index (χ0) is 31.4. The summed E-state index contributed by atoms with van der Waals surface area (Å²) in [6.07, 6.45) is 5.93. The molecule has 0 aliphatic heterocycles. The molecule has 0 bridgehead atoms. The van der Waals surface area contributed by atoms with E-state index in [9.17, 15) is 0 Å². The van der Waals surface area contributed by atoms with Crippen LogP contribution < -0.4 is 31.8 Å². The maximum absolute atomic E-state index is 2.41. The van der Waals surface area contributed by atoms with Crippen LogP contribution in [0.2, 0.25) is 0 Å². The van der Waals surface area contributed by atoms with E-state index in [1.54, 1.807) is 0 Å². The van der Waals surface area contributed by atoms with Crippen molar-refractivity contribution in [2.75, 3.05) is 18.5 Å². The van der Waals surface area contributed by atoms with Gasteiger partial charge >= 0.3 is 0 Å². The van der Waals surface area contributed by atoms with Crippen molar-refractivity contribution in [3.8, 4) is 0 Å². The van der Waals surface area contributed by atoms with E-state index in [0.29, 0.717) is 0 Å². The Hall–Kier alpha value is -3.39. The van der Waals surface area contributed by atoms with Crippen LogP contribution in [-0.4, -0.2) is 18.5 Å². The molecule has 3 heteroatoms. The molecule has 6 rings (SSSR count). The number of hydrogen-bond acceptors (Lipinski definition) is 0. The van der Waals surface area contributed by atoms with Gasteiger partial charge in [-0.15, -0.1) is 0 Å². The molecule has 0 aliphatic rings. The summed E-state index contributed by atoms with van der Waals surface area (Å²) in [6, 6.07) is 68.3. The second-order valence-corrected chi connectivity index (χ2v) is 18.6. The highest BCUT2D eigenvalue weighted by atomic mass is 31.1. The first kappa shape index (κ1) is 32.5. The van der Waals surface area contributed by atoms with E-state index in [2.05, 4.69) is 189 Å². The summed E-state index contributed by atoms with van der Waals surface area (Å²) >= 11 is 0. The first-order valence-corrected chi connectivity index (χ1v) is 21.0. The Morgan fingerprint density at radius 1 is 0.326 bits per heavy atom. The van der Waals surface area contributed by atoms with Crippen molar-refractivity contribution in [2.45, 2.75) is 19.8 Å². The van der Waals surface area contributed by atoms with Gasteiger partial charge in [-0.25, -0.2) is 0 Å². The average Bonchev–Trinajstić information content (AvgIpc) is 3.14. The molecule has 0 fully saturated rings. The fraction of sp³-hybridized carbons (Fsp3) is 0.163. The van der Waals surface area contributed by atoms with Crippen LogP contribution in [0.15, 0.2) is 182 Å². The van der Waals surface area contributed by atoms with Crippen molar-refractivity contribution in [1.29, 1.82) is 0 Å². The summed E-state index contributed by atoms with van der Waals surface area (Å²) < 4.78 is 0. The van der Waals surface area contributed by atoms with E-state index in [1.807, 2.05) is 0 Å². The zero-order valence-electron chi connectivity index (χ0n) is 26.7. The molecule has 0 N–H and O–H groups in total. The third-order valence-electron chi connectivity index (χ3n) is 8.67. The lowest BCUT2D eigenvalue weighted by Crippen LogP contribution is -2.39. The Labute approximate surface area is 280 Å². The molecule has 0 saturated carbocycles. The molecular weight excluding hydrogens is 609 g/mol. The van der Waals surface area contributed by atoms with Crippen molar-refractivity contribution in [3.63, 3.8) is 0 Å². The predicted molar refractivity (Wildman–Crippen MR) is 209 cm³/mol. The molecule has 0 nitrogen and oxygen atoms in total. The Kier molecular flexibility index (Phi) is 11.6. The minimum Gasteiger partial charge on any atom is -0.0654 e. The first-order valence-electron chi connectivity index (χ1n) is 16.4. The van der Waals surface area contributed by atoms with E-state index in [1.165, 1.54) is 63.2 Å². The van der Waals surface area contributed by atoms with E-state index in [-0.39, 0.29) is 5.41 Å². The molecular formula is C43H43P3. The van der Waals surface area contributed by atoms with E-state index >= 15 is 0 Å². The van der Waals surface area contributed by atoms with Crippen molar-refractivity contribution in [1.82, 2.24) is 0 Å². The van der Waals surface area contributed by atoms with Crippen LogP contribution in [0.5, 0.6) is 0 Å². The fourth-order valence-electron chi connectivity index (χ4n) is 6.57. The molecule has 0 aromatic heterocycles. The summed E-state index contributed by atoms with van der Waals surface area (Å²) in [7, 11) is -1.70. The molecule has 0 heterocycles. The third-order valence-corrected chi connectivity index (χ3v) is 17.2. The highest BCUT2D eigenvalue weighted by Gasteiger charge is 2.39. The maximum Gasteiger partial charge on any atom is -0.0162 e. The maximum atomic E-state index is 2.41. The summed E-state index contributed by atoms with van der Waals surface area (Å²) in [5, 5.41) is 8.90. The standard InChI is InChI=1S/C43H43P3/c1-2-33-43(34-44(37-21-9-3-10-22-37)38-23-11-4-12-24-38,35-45(39-25-13-5-14-26-39)40-27-15-6-16-28-40)36-46(41-29-17-7-18-30-41)42-31-19-8-20-32-42/h3-32H,2,33-36H2,1H3. The third kappa shape index (κ3) is 8.30. The Morgan fingerprint density at radius 3 is 0.696 bits per heavy atom. The lowest BCUT2D eigenvalue weighted by Gasteiger charge is -2.43. The SMILES string of the molecule is CCCC(CP(c1ccccc1)c1ccccc1)(CP(c1ccccc1)c1ccccc1)CP(c1ccccc1)c1ccccc1. The normalized spacial score (nSPS) is 11.7. The van der Waals surface area contributed by atoms with Gasteiger partial charge < -0.3 is 0 Å². The highest BCUT2D eigenvalue weighted by molar-refractivity contribution is 7.75. The molecule has 0 unspecified atom stereocenters. The highest BCUT2D eigenvalue weighted by Crippen LogP contribution is 2.54. The number of hydrogen-bond donors (Lipinski definition) is 0. The molecule has 0 radical (unpaired) electrons. The van der Waals surface area contributed by atoms with Gasteiger partial charge in [0, 0.05) is 0 Å². The molecule has 0 atom stereocenters. The topological polar surface area (TPSA) is 0 Å². The van der Waals surface area contributed by atoms with Crippen LogP contribution >= 0.6 is 23.8 Å². The Bertz CT molecular complexity index is 1390. The second kappa shape index (κ2) is 16.4. The summed E-state index contributed by atoms with van der Waals surface area (Å²) in [4.78, 5) is 0. The van der Waals surface area contributed by atoms with Gasteiger partial charge in [-0.05, 0) is 85.9 Å². The van der Waals surface area contributed by atoms with Gasteiger partial charge in [0.1, 0.15) is 0 Å². The van der Waals surface area contributed by atoms with Crippen molar-refractivity contribution >= 4 is 55.6 Å². The molecule has 6 aromatic carbocycles. The van der Waals surface area contributed by atoms with Gasteiger partial charge in [0.15, 0.2) is 0 Å². The van der Waals surface area contributed by atoms with Crippen LogP contribution in [0.1, 0.15) is 19.8 Å². The van der Waals surface area contributed by atoms with Crippen LogP contribution in [0, 0.1) is 5.41 Å². The minimum absolute atomic E-state index is 0.126. The van der Waals surface area contributed by atoms with Gasteiger partial charge in [-0.1, -0.05) is 195 Å². The zero-order valence-corrected chi connectivity index (χ0v) is 29.4. The molecule has 6 aromatic rings. The molecule has 46 heavy (non-hydrogen) atoms. The minimum atomic E-state index is -0.566. The van der Waals surface area contributed by atoms with E-state index < -0.39 is 23.8 Å². The van der Waals surface area contributed by atoms with Crippen molar-refractivity contribution in [3.05, 3.63) is 182 Å². The quantitative estimate of drug-likeness (QED) is 0.103. The summed E-state index contributed by atoms with van der Waals surface area (Å²) in [5.74, 6) is 0. The molecule has 0 saturated heterocycles. The fourth-order valence-corrected chi connectivity index (χ4v) is 15.4. The summed E-state index contributed by atoms with van der Waals surface area (Å²) in [5.41, 5.74) is 0.126. The largest absolute Gasteiger partial charge is 0.0654 e. The van der Waals surface area contributed by atoms with Gasteiger partial charge in [0.05, 0.1) is 0 Å². The monoisotopic (exact) mass is 652 g/mol. The molecule has 230 valence electrons. The second-order valence-electron chi connectivity index (χ2n) is 12.0. The molecule has 0 amide bonds. The van der Waals surface area contributed by atoms with E-state index in [0.717, 1.165) is 0 Å². The van der Waals surface area contributed by atoms with Crippen LogP contribution in [0.3, 0.4) is 0 Å². The smallest absolute Gasteiger partial charge is 0.0162 e. The summed E-state index contributed by atoms with van der Waals surface area (Å²) in [6.45, 7) is 2.41. The number of benzene rings is 6. The molecule has 0 aliphatic carbocycles. The van der Waals surface area contributed by atoms with Crippen LogP contribution in [0.25, 0.3) is 0 Å². The van der Waals surface area contributed by atoms with Gasteiger partial charge in [0.2, 0.25) is 0 Å². The van der Waals surface area contributed by atoms with Gasteiger partial charge in [0.25, 0.3) is 0 Å². The van der Waals surface area contributed by atoms with Crippen molar-refractivity contribution < 1.29 is 0 Å². The lowest BCUT2D eigenvalue weighted by atomic mass is 9.90. The van der Waals surface area contributed by atoms with E-state index in [4.69, 9.17) is 0 Å². The molecule has 0 spiro atoms. The Balaban J connectivity index is 1.53.